The fourth-order valence-electron chi connectivity index (χ4n) is 1.93. The number of nitrogen functional groups attached to an aromatic ring is 2. The van der Waals surface area contributed by atoms with Gasteiger partial charge in [-0.3, -0.25) is 4.79 Å². The molecule has 0 atom stereocenters. The summed E-state index contributed by atoms with van der Waals surface area (Å²) in [7, 11) is 0. The molecule has 0 unspecified atom stereocenters. The van der Waals surface area contributed by atoms with Crippen LogP contribution in [0.15, 0.2) is 28.4 Å². The number of nitriles is 1. The second-order valence-electron chi connectivity index (χ2n) is 4.67. The minimum atomic E-state index is -0.257. The molecule has 1 aromatic heterocycles. The number of nitrogens with two attached hydrogens (primary N) is 2. The first kappa shape index (κ1) is 16.0. The second kappa shape index (κ2) is 6.57. The van der Waals surface area contributed by atoms with Crippen molar-refractivity contribution in [2.45, 2.75) is 20.4 Å². The Hall–Kier alpha value is -3.41. The van der Waals surface area contributed by atoms with E-state index in [4.69, 9.17) is 16.7 Å². The Bertz CT molecular complexity index is 815. The van der Waals surface area contributed by atoms with Gasteiger partial charge in [0.05, 0.1) is 5.69 Å². The van der Waals surface area contributed by atoms with Gasteiger partial charge in [0.25, 0.3) is 0 Å². The molecule has 5 N–H and O–H groups in total. The highest BCUT2D eigenvalue weighted by atomic mass is 16.1. The quantitative estimate of drug-likeness (QED) is 0.585. The van der Waals surface area contributed by atoms with Crippen molar-refractivity contribution < 1.29 is 4.79 Å². The summed E-state index contributed by atoms with van der Waals surface area (Å²) in [6.45, 7) is 3.71. The van der Waals surface area contributed by atoms with Crippen LogP contribution in [0.1, 0.15) is 19.4 Å². The number of carbonyl (C=O) groups excluding carboxylic acids is 1. The van der Waals surface area contributed by atoms with Crippen LogP contribution in [0.25, 0.3) is 0 Å². The van der Waals surface area contributed by atoms with Crippen molar-refractivity contribution in [1.29, 1.82) is 5.26 Å². The van der Waals surface area contributed by atoms with E-state index in [0.29, 0.717) is 23.6 Å². The summed E-state index contributed by atoms with van der Waals surface area (Å²) in [6.07, 6.45) is 0. The minimum absolute atomic E-state index is 0.0997. The maximum Gasteiger partial charge on any atom is 0.221 e. The monoisotopic (exact) mass is 312 g/mol. The van der Waals surface area contributed by atoms with Gasteiger partial charge in [-0.25, -0.2) is 4.68 Å². The SMILES string of the molecule is CCn1nc(N)c(C#N)c1N=Nc1ccc(N)cc1NC(C)=O. The Balaban J connectivity index is 2.46. The second-order valence-corrected chi connectivity index (χ2v) is 4.67. The van der Waals surface area contributed by atoms with E-state index in [-0.39, 0.29) is 23.1 Å². The first-order chi connectivity index (χ1) is 11.0. The maximum atomic E-state index is 11.3. The average molecular weight is 312 g/mol. The number of aromatic nitrogens is 2. The highest BCUT2D eigenvalue weighted by Gasteiger charge is 2.15. The highest BCUT2D eigenvalue weighted by Crippen LogP contribution is 2.31. The molecule has 0 spiro atoms. The van der Waals surface area contributed by atoms with Crippen LogP contribution < -0.4 is 16.8 Å². The molecule has 1 amide bonds. The number of azo groups is 1. The van der Waals surface area contributed by atoms with Crippen LogP contribution in [-0.4, -0.2) is 15.7 Å². The van der Waals surface area contributed by atoms with Crippen LogP contribution in [0.4, 0.5) is 28.7 Å². The van der Waals surface area contributed by atoms with E-state index in [2.05, 4.69) is 20.6 Å². The molecule has 1 heterocycles. The van der Waals surface area contributed by atoms with E-state index in [0.717, 1.165) is 0 Å². The number of nitrogens with one attached hydrogen (secondary N) is 1. The van der Waals surface area contributed by atoms with E-state index in [9.17, 15) is 4.79 Å². The van der Waals surface area contributed by atoms with Crippen LogP contribution >= 0.6 is 0 Å². The fourth-order valence-corrected chi connectivity index (χ4v) is 1.93. The molecule has 23 heavy (non-hydrogen) atoms. The summed E-state index contributed by atoms with van der Waals surface area (Å²) in [5.41, 5.74) is 12.9. The third-order valence-corrected chi connectivity index (χ3v) is 2.95. The van der Waals surface area contributed by atoms with Crippen LogP contribution in [0.5, 0.6) is 0 Å². The molecule has 118 valence electrons. The Kier molecular flexibility index (Phi) is 4.56. The molecule has 2 rings (SSSR count). The van der Waals surface area contributed by atoms with Gasteiger partial charge in [0.1, 0.15) is 17.3 Å². The van der Waals surface area contributed by atoms with E-state index < -0.39 is 0 Å². The lowest BCUT2D eigenvalue weighted by Crippen LogP contribution is -2.06. The predicted octanol–water partition coefficient (Wildman–Crippen LogP) is 2.31. The van der Waals surface area contributed by atoms with E-state index in [1.165, 1.54) is 11.6 Å². The zero-order valence-corrected chi connectivity index (χ0v) is 12.7. The molecule has 9 heteroatoms. The molecule has 2 aromatic rings. The zero-order valence-electron chi connectivity index (χ0n) is 12.7. The van der Waals surface area contributed by atoms with Gasteiger partial charge in [-0.1, -0.05) is 0 Å². The van der Waals surface area contributed by atoms with Gasteiger partial charge in [-0.2, -0.15) is 10.4 Å². The normalized spacial score (nSPS) is 10.7. The number of nitrogens with zero attached hydrogens (tertiary/aromatic N) is 5. The third kappa shape index (κ3) is 3.44. The summed E-state index contributed by atoms with van der Waals surface area (Å²) in [4.78, 5) is 11.3. The lowest BCUT2D eigenvalue weighted by Gasteiger charge is -2.06. The molecule has 0 saturated carbocycles. The van der Waals surface area contributed by atoms with Gasteiger partial charge in [0.15, 0.2) is 11.6 Å². The largest absolute Gasteiger partial charge is 0.399 e. The van der Waals surface area contributed by atoms with Crippen molar-refractivity contribution in [2.24, 2.45) is 10.2 Å². The van der Waals surface area contributed by atoms with Gasteiger partial charge in [0.2, 0.25) is 5.91 Å². The fraction of sp³-hybridized carbons (Fsp3) is 0.214. The first-order valence-electron chi connectivity index (χ1n) is 6.81. The van der Waals surface area contributed by atoms with Gasteiger partial charge < -0.3 is 16.8 Å². The van der Waals surface area contributed by atoms with Crippen LogP contribution in [0.3, 0.4) is 0 Å². The molecule has 0 aliphatic carbocycles. The lowest BCUT2D eigenvalue weighted by molar-refractivity contribution is -0.114. The molecule has 0 saturated heterocycles. The Morgan fingerprint density at radius 3 is 2.78 bits per heavy atom. The molecule has 0 aliphatic heterocycles. The number of amides is 1. The van der Waals surface area contributed by atoms with Crippen molar-refractivity contribution in [3.8, 4) is 6.07 Å². The predicted molar refractivity (Wildman–Crippen MR) is 86.4 cm³/mol. The Morgan fingerprint density at radius 2 is 2.17 bits per heavy atom. The molecule has 0 bridgehead atoms. The number of anilines is 3. The topological polar surface area (TPSA) is 147 Å². The summed E-state index contributed by atoms with van der Waals surface area (Å²) in [6, 6.07) is 6.79. The highest BCUT2D eigenvalue weighted by molar-refractivity contribution is 5.92. The number of benzene rings is 1. The van der Waals surface area contributed by atoms with Gasteiger partial charge in [-0.05, 0) is 25.1 Å². The molecular formula is C14H16N8O. The van der Waals surface area contributed by atoms with E-state index >= 15 is 0 Å². The van der Waals surface area contributed by atoms with Crippen molar-refractivity contribution >= 4 is 34.6 Å². The molecule has 0 fully saturated rings. The van der Waals surface area contributed by atoms with Crippen molar-refractivity contribution in [3.63, 3.8) is 0 Å². The van der Waals surface area contributed by atoms with Crippen LogP contribution in [0, 0.1) is 11.3 Å². The number of rotatable bonds is 4. The van der Waals surface area contributed by atoms with Crippen LogP contribution in [0.2, 0.25) is 0 Å². The number of carbonyl (C=O) groups is 1. The number of aryl methyl sites for hydroxylation is 1. The third-order valence-electron chi connectivity index (χ3n) is 2.95. The molecule has 0 aliphatic rings. The summed E-state index contributed by atoms with van der Waals surface area (Å²) in [5.74, 6) is 0.105. The number of hydrogen-bond donors (Lipinski definition) is 3. The summed E-state index contributed by atoms with van der Waals surface area (Å²) in [5, 5.41) is 24.0. The first-order valence-corrected chi connectivity index (χ1v) is 6.81. The Labute approximate surface area is 132 Å². The molecular weight excluding hydrogens is 296 g/mol. The van der Waals surface area contributed by atoms with Gasteiger partial charge in [0, 0.05) is 19.2 Å². The van der Waals surface area contributed by atoms with Gasteiger partial charge in [-0.15, -0.1) is 10.2 Å². The standard InChI is InChI=1S/C14H16N8O/c1-3-22-14(10(7-15)13(17)21-22)20-19-11-5-4-9(16)6-12(11)18-8(2)23/h4-6H,3,16H2,1-2H3,(H2,17,21)(H,18,23). The van der Waals surface area contributed by atoms with Crippen molar-refractivity contribution in [2.75, 3.05) is 16.8 Å². The van der Waals surface area contributed by atoms with E-state index in [1.54, 1.807) is 18.2 Å². The van der Waals surface area contributed by atoms with Gasteiger partial charge >= 0.3 is 0 Å². The summed E-state index contributed by atoms with van der Waals surface area (Å²) >= 11 is 0. The van der Waals surface area contributed by atoms with Crippen molar-refractivity contribution in [1.82, 2.24) is 9.78 Å². The van der Waals surface area contributed by atoms with Crippen molar-refractivity contribution in [3.05, 3.63) is 23.8 Å². The molecule has 1 aromatic carbocycles. The smallest absolute Gasteiger partial charge is 0.221 e. The molecule has 0 radical (unpaired) electrons. The summed E-state index contributed by atoms with van der Waals surface area (Å²) < 4.78 is 1.48. The zero-order chi connectivity index (χ0) is 17.0. The van der Waals surface area contributed by atoms with E-state index in [1.807, 2.05) is 13.0 Å². The molecule has 9 nitrogen and oxygen atoms in total. The maximum absolute atomic E-state index is 11.3. The lowest BCUT2D eigenvalue weighted by atomic mass is 10.2. The Morgan fingerprint density at radius 1 is 1.43 bits per heavy atom. The van der Waals surface area contributed by atoms with Crippen LogP contribution in [-0.2, 0) is 11.3 Å². The average Bonchev–Trinajstić information content (AvgIpc) is 2.81. The number of hydrogen-bond acceptors (Lipinski definition) is 7. The minimum Gasteiger partial charge on any atom is -0.399 e.